The molecule has 0 saturated heterocycles. The summed E-state index contributed by atoms with van der Waals surface area (Å²) in [7, 11) is 0. The number of amides is 1. The SMILES string of the molecule is CCCCCCOc1cccc(NCC(=O)Nc2cccc(Cl)c2C)c1. The van der Waals surface area contributed by atoms with Crippen LogP contribution in [0.4, 0.5) is 11.4 Å². The average molecular weight is 375 g/mol. The van der Waals surface area contributed by atoms with Crippen molar-refractivity contribution in [1.29, 1.82) is 0 Å². The number of ether oxygens (including phenoxy) is 1. The fourth-order valence-corrected chi connectivity index (χ4v) is 2.71. The maximum Gasteiger partial charge on any atom is 0.243 e. The van der Waals surface area contributed by atoms with Crippen molar-refractivity contribution < 1.29 is 9.53 Å². The highest BCUT2D eigenvalue weighted by molar-refractivity contribution is 6.31. The van der Waals surface area contributed by atoms with Gasteiger partial charge >= 0.3 is 0 Å². The quantitative estimate of drug-likeness (QED) is 0.527. The Hall–Kier alpha value is -2.20. The Bertz CT molecular complexity index is 719. The minimum atomic E-state index is -0.124. The van der Waals surface area contributed by atoms with Gasteiger partial charge in [-0.1, -0.05) is 49.9 Å². The Labute approximate surface area is 160 Å². The van der Waals surface area contributed by atoms with Gasteiger partial charge in [0.25, 0.3) is 0 Å². The van der Waals surface area contributed by atoms with Crippen molar-refractivity contribution in [3.05, 3.63) is 53.1 Å². The van der Waals surface area contributed by atoms with Gasteiger partial charge in [-0.2, -0.15) is 0 Å². The number of rotatable bonds is 10. The third kappa shape index (κ3) is 6.60. The summed E-state index contributed by atoms with van der Waals surface area (Å²) in [6, 6.07) is 13.1. The third-order valence-corrected chi connectivity index (χ3v) is 4.50. The first-order chi connectivity index (χ1) is 12.6. The molecule has 0 aromatic heterocycles. The summed E-state index contributed by atoms with van der Waals surface area (Å²) in [6.45, 7) is 4.97. The minimum Gasteiger partial charge on any atom is -0.494 e. The van der Waals surface area contributed by atoms with Crippen LogP contribution in [0, 0.1) is 6.92 Å². The zero-order chi connectivity index (χ0) is 18.8. The third-order valence-electron chi connectivity index (χ3n) is 4.10. The average Bonchev–Trinajstić information content (AvgIpc) is 2.64. The van der Waals surface area contributed by atoms with Crippen LogP contribution in [0.1, 0.15) is 38.2 Å². The van der Waals surface area contributed by atoms with Gasteiger partial charge in [0.2, 0.25) is 5.91 Å². The van der Waals surface area contributed by atoms with Gasteiger partial charge in [-0.05, 0) is 43.2 Å². The smallest absolute Gasteiger partial charge is 0.243 e. The molecule has 2 N–H and O–H groups in total. The Balaban J connectivity index is 1.80. The normalized spacial score (nSPS) is 10.4. The Morgan fingerprint density at radius 3 is 2.73 bits per heavy atom. The van der Waals surface area contributed by atoms with Crippen LogP contribution >= 0.6 is 11.6 Å². The van der Waals surface area contributed by atoms with E-state index in [0.29, 0.717) is 5.02 Å². The standard InChI is InChI=1S/C21H27ClN2O2/c1-3-4-5-6-13-26-18-10-7-9-17(14-18)23-15-21(25)24-20-12-8-11-19(22)16(20)2/h7-12,14,23H,3-6,13,15H2,1-2H3,(H,24,25). The van der Waals surface area contributed by atoms with Crippen LogP contribution < -0.4 is 15.4 Å². The summed E-state index contributed by atoms with van der Waals surface area (Å²) >= 11 is 6.08. The topological polar surface area (TPSA) is 50.4 Å². The number of nitrogens with one attached hydrogen (secondary N) is 2. The van der Waals surface area contributed by atoms with Gasteiger partial charge in [0.05, 0.1) is 13.2 Å². The van der Waals surface area contributed by atoms with Crippen LogP contribution in [-0.2, 0) is 4.79 Å². The Kier molecular flexibility index (Phi) is 8.29. The van der Waals surface area contributed by atoms with Crippen molar-refractivity contribution in [3.63, 3.8) is 0 Å². The fourth-order valence-electron chi connectivity index (χ4n) is 2.53. The Morgan fingerprint density at radius 2 is 1.92 bits per heavy atom. The van der Waals surface area contributed by atoms with Crippen LogP contribution in [0.15, 0.2) is 42.5 Å². The van der Waals surface area contributed by atoms with Crippen LogP contribution in [0.3, 0.4) is 0 Å². The molecule has 2 aromatic rings. The van der Waals surface area contributed by atoms with E-state index < -0.39 is 0 Å². The van der Waals surface area contributed by atoms with Gasteiger partial charge in [-0.15, -0.1) is 0 Å². The zero-order valence-corrected chi connectivity index (χ0v) is 16.2. The molecule has 140 valence electrons. The first-order valence-electron chi connectivity index (χ1n) is 9.12. The lowest BCUT2D eigenvalue weighted by molar-refractivity contribution is -0.114. The number of halogens is 1. The molecule has 0 aliphatic carbocycles. The number of carbonyl (C=O) groups excluding carboxylic acids is 1. The molecule has 0 atom stereocenters. The molecular formula is C21H27ClN2O2. The molecule has 0 saturated carbocycles. The van der Waals surface area contributed by atoms with Crippen LogP contribution in [0.2, 0.25) is 5.02 Å². The van der Waals surface area contributed by atoms with Crippen molar-refractivity contribution in [3.8, 4) is 5.75 Å². The number of benzene rings is 2. The molecule has 0 radical (unpaired) electrons. The summed E-state index contributed by atoms with van der Waals surface area (Å²) in [5.41, 5.74) is 2.45. The number of carbonyl (C=O) groups is 1. The molecule has 5 heteroatoms. The molecule has 0 fully saturated rings. The van der Waals surface area contributed by atoms with E-state index in [9.17, 15) is 4.79 Å². The lowest BCUT2D eigenvalue weighted by atomic mass is 10.2. The molecular weight excluding hydrogens is 348 g/mol. The van der Waals surface area contributed by atoms with Gasteiger partial charge < -0.3 is 15.4 Å². The zero-order valence-electron chi connectivity index (χ0n) is 15.5. The number of anilines is 2. The molecule has 0 heterocycles. The minimum absolute atomic E-state index is 0.124. The summed E-state index contributed by atoms with van der Waals surface area (Å²) in [4.78, 5) is 12.2. The van der Waals surface area contributed by atoms with Gasteiger partial charge in [-0.3, -0.25) is 4.79 Å². The molecule has 0 aliphatic rings. The second kappa shape index (κ2) is 10.7. The van der Waals surface area contributed by atoms with E-state index in [-0.39, 0.29) is 12.5 Å². The number of unbranched alkanes of at least 4 members (excludes halogenated alkanes) is 3. The maximum atomic E-state index is 12.2. The second-order valence-electron chi connectivity index (χ2n) is 6.25. The van der Waals surface area contributed by atoms with E-state index in [0.717, 1.165) is 35.7 Å². The molecule has 0 spiro atoms. The van der Waals surface area contributed by atoms with Crippen molar-refractivity contribution in [2.45, 2.75) is 39.5 Å². The second-order valence-corrected chi connectivity index (χ2v) is 6.66. The Morgan fingerprint density at radius 1 is 1.12 bits per heavy atom. The van der Waals surface area contributed by atoms with E-state index in [1.165, 1.54) is 19.3 Å². The maximum absolute atomic E-state index is 12.2. The van der Waals surface area contributed by atoms with E-state index in [1.54, 1.807) is 6.07 Å². The molecule has 0 unspecified atom stereocenters. The van der Waals surface area contributed by atoms with Gasteiger partial charge in [0, 0.05) is 22.5 Å². The van der Waals surface area contributed by atoms with Crippen molar-refractivity contribution in [1.82, 2.24) is 0 Å². The fraction of sp³-hybridized carbons (Fsp3) is 0.381. The highest BCUT2D eigenvalue weighted by Gasteiger charge is 2.07. The van der Waals surface area contributed by atoms with Crippen molar-refractivity contribution >= 4 is 28.9 Å². The van der Waals surface area contributed by atoms with E-state index in [4.69, 9.17) is 16.3 Å². The highest BCUT2D eigenvalue weighted by atomic mass is 35.5. The lowest BCUT2D eigenvalue weighted by Crippen LogP contribution is -2.22. The molecule has 0 aliphatic heterocycles. The number of hydrogen-bond acceptors (Lipinski definition) is 3. The largest absolute Gasteiger partial charge is 0.494 e. The molecule has 4 nitrogen and oxygen atoms in total. The van der Waals surface area contributed by atoms with Crippen LogP contribution in [0.5, 0.6) is 5.75 Å². The van der Waals surface area contributed by atoms with E-state index in [1.807, 2.05) is 43.3 Å². The van der Waals surface area contributed by atoms with E-state index in [2.05, 4.69) is 17.6 Å². The first kappa shape index (κ1) is 20.1. The predicted molar refractivity (Wildman–Crippen MR) is 109 cm³/mol. The van der Waals surface area contributed by atoms with Gasteiger partial charge in [0.15, 0.2) is 0 Å². The summed E-state index contributed by atoms with van der Waals surface area (Å²) < 4.78 is 5.77. The monoisotopic (exact) mass is 374 g/mol. The predicted octanol–water partition coefficient (Wildman–Crippen LogP) is 5.66. The van der Waals surface area contributed by atoms with Crippen LogP contribution in [-0.4, -0.2) is 19.1 Å². The van der Waals surface area contributed by atoms with Crippen LogP contribution in [0.25, 0.3) is 0 Å². The molecule has 26 heavy (non-hydrogen) atoms. The molecule has 2 aromatic carbocycles. The van der Waals surface area contributed by atoms with Gasteiger partial charge in [-0.25, -0.2) is 0 Å². The van der Waals surface area contributed by atoms with E-state index >= 15 is 0 Å². The number of hydrogen-bond donors (Lipinski definition) is 2. The summed E-state index contributed by atoms with van der Waals surface area (Å²) in [5, 5.41) is 6.64. The lowest BCUT2D eigenvalue weighted by Gasteiger charge is -2.12. The van der Waals surface area contributed by atoms with Gasteiger partial charge in [0.1, 0.15) is 5.75 Å². The molecule has 0 bridgehead atoms. The van der Waals surface area contributed by atoms with Crippen molar-refractivity contribution in [2.75, 3.05) is 23.8 Å². The van der Waals surface area contributed by atoms with Crippen molar-refractivity contribution in [2.24, 2.45) is 0 Å². The molecule has 2 rings (SSSR count). The molecule has 1 amide bonds. The highest BCUT2D eigenvalue weighted by Crippen LogP contribution is 2.23. The first-order valence-corrected chi connectivity index (χ1v) is 9.49. The summed E-state index contributed by atoms with van der Waals surface area (Å²) in [6.07, 6.45) is 4.72. The summed E-state index contributed by atoms with van der Waals surface area (Å²) in [5.74, 6) is 0.693.